The van der Waals surface area contributed by atoms with Gasteiger partial charge in [0.15, 0.2) is 6.23 Å². The minimum absolute atomic E-state index is 0.335. The normalized spacial score (nSPS) is 32.4. The molecule has 0 amide bonds. The lowest BCUT2D eigenvalue weighted by Crippen LogP contribution is -2.39. The molecular weight excluding hydrogens is 256 g/mol. The van der Waals surface area contributed by atoms with Gasteiger partial charge >= 0.3 is 5.69 Å². The molecule has 1 aromatic rings. The molecule has 2 rings (SSSR count). The van der Waals surface area contributed by atoms with E-state index in [-0.39, 0.29) is 0 Å². The second-order valence-electron chi connectivity index (χ2n) is 4.47. The maximum absolute atomic E-state index is 11.6. The van der Waals surface area contributed by atoms with Crippen LogP contribution in [0.15, 0.2) is 21.9 Å². The maximum Gasteiger partial charge on any atom is 0.330 e. The third kappa shape index (κ3) is 2.47. The van der Waals surface area contributed by atoms with Crippen LogP contribution in [0.2, 0.25) is 0 Å². The average molecular weight is 272 g/mol. The SMILES string of the molecule is CCC(O)C1O[C@@H](n2ccc(=O)[nH]c2=O)[C@H](O)[C@@H]1O. The van der Waals surface area contributed by atoms with Crippen LogP contribution in [0.1, 0.15) is 19.6 Å². The molecule has 0 radical (unpaired) electrons. The van der Waals surface area contributed by atoms with Gasteiger partial charge in [-0.1, -0.05) is 6.92 Å². The molecule has 1 saturated heterocycles. The van der Waals surface area contributed by atoms with Crippen LogP contribution < -0.4 is 11.2 Å². The molecule has 0 saturated carbocycles. The lowest BCUT2D eigenvalue weighted by atomic mass is 10.0. The number of aromatic nitrogens is 2. The number of nitrogens with one attached hydrogen (secondary N) is 1. The minimum atomic E-state index is -1.37. The summed E-state index contributed by atoms with van der Waals surface area (Å²) in [7, 11) is 0. The Hall–Kier alpha value is -1.48. The van der Waals surface area contributed by atoms with Gasteiger partial charge in [0, 0.05) is 12.3 Å². The van der Waals surface area contributed by atoms with Gasteiger partial charge in [-0.15, -0.1) is 0 Å². The molecule has 8 nitrogen and oxygen atoms in total. The van der Waals surface area contributed by atoms with Crippen molar-refractivity contribution in [3.05, 3.63) is 33.1 Å². The summed E-state index contributed by atoms with van der Waals surface area (Å²) in [4.78, 5) is 24.6. The summed E-state index contributed by atoms with van der Waals surface area (Å²) in [5, 5.41) is 29.4. The van der Waals surface area contributed by atoms with Crippen molar-refractivity contribution in [1.29, 1.82) is 0 Å². The summed E-state index contributed by atoms with van der Waals surface area (Å²) in [6.07, 6.45) is -4.25. The smallest absolute Gasteiger partial charge is 0.330 e. The van der Waals surface area contributed by atoms with Gasteiger partial charge in [-0.05, 0) is 6.42 Å². The number of hydrogen-bond donors (Lipinski definition) is 4. The zero-order valence-electron chi connectivity index (χ0n) is 10.3. The van der Waals surface area contributed by atoms with Crippen LogP contribution in [0.3, 0.4) is 0 Å². The molecular formula is C11H16N2O6. The third-order valence-electron chi connectivity index (χ3n) is 3.20. The Kier molecular flexibility index (Phi) is 3.85. The molecule has 0 aromatic carbocycles. The van der Waals surface area contributed by atoms with Crippen molar-refractivity contribution >= 4 is 0 Å². The Morgan fingerprint density at radius 1 is 1.42 bits per heavy atom. The third-order valence-corrected chi connectivity index (χ3v) is 3.20. The number of aliphatic hydroxyl groups excluding tert-OH is 3. The highest BCUT2D eigenvalue weighted by Crippen LogP contribution is 2.30. The van der Waals surface area contributed by atoms with E-state index in [4.69, 9.17) is 4.74 Å². The Morgan fingerprint density at radius 3 is 2.68 bits per heavy atom. The first kappa shape index (κ1) is 13.9. The van der Waals surface area contributed by atoms with E-state index in [9.17, 15) is 24.9 Å². The van der Waals surface area contributed by atoms with E-state index in [2.05, 4.69) is 0 Å². The summed E-state index contributed by atoms with van der Waals surface area (Å²) in [5.74, 6) is 0. The van der Waals surface area contributed by atoms with Crippen molar-refractivity contribution in [1.82, 2.24) is 9.55 Å². The summed E-state index contributed by atoms with van der Waals surface area (Å²) < 4.78 is 6.31. The Bertz CT molecular complexity index is 553. The summed E-state index contributed by atoms with van der Waals surface area (Å²) in [6, 6.07) is 1.10. The zero-order chi connectivity index (χ0) is 14.2. The van der Waals surface area contributed by atoms with Crippen LogP contribution in [-0.2, 0) is 4.74 Å². The highest BCUT2D eigenvalue weighted by Gasteiger charge is 2.46. The van der Waals surface area contributed by atoms with Crippen LogP contribution >= 0.6 is 0 Å². The minimum Gasteiger partial charge on any atom is -0.390 e. The van der Waals surface area contributed by atoms with Gasteiger partial charge in [0.05, 0.1) is 6.10 Å². The summed E-state index contributed by atoms with van der Waals surface area (Å²) in [6.45, 7) is 1.70. The number of aromatic amines is 1. The van der Waals surface area contributed by atoms with E-state index in [1.165, 1.54) is 6.20 Å². The predicted molar refractivity (Wildman–Crippen MR) is 63.5 cm³/mol. The van der Waals surface area contributed by atoms with Crippen LogP contribution in [-0.4, -0.2) is 49.3 Å². The van der Waals surface area contributed by atoms with Crippen molar-refractivity contribution in [2.75, 3.05) is 0 Å². The van der Waals surface area contributed by atoms with Crippen LogP contribution in [0.25, 0.3) is 0 Å². The maximum atomic E-state index is 11.6. The predicted octanol–water partition coefficient (Wildman–Crippen LogP) is -2.07. The fourth-order valence-electron chi connectivity index (χ4n) is 2.09. The second kappa shape index (κ2) is 5.25. The fraction of sp³-hybridized carbons (Fsp3) is 0.636. The topological polar surface area (TPSA) is 125 Å². The molecule has 0 bridgehead atoms. The Morgan fingerprint density at radius 2 is 2.11 bits per heavy atom. The van der Waals surface area contributed by atoms with Gasteiger partial charge < -0.3 is 20.1 Å². The van der Waals surface area contributed by atoms with Crippen molar-refractivity contribution in [3.8, 4) is 0 Å². The average Bonchev–Trinajstić information content (AvgIpc) is 2.66. The number of hydrogen-bond acceptors (Lipinski definition) is 6. The number of aliphatic hydroxyl groups is 3. The standard InChI is InChI=1S/C11H16N2O6/c1-2-5(14)9-7(16)8(17)10(19-9)13-4-3-6(15)12-11(13)18/h3-5,7-10,14,16-17H,2H2,1H3,(H,12,15,18)/t5?,7-,8+,9?,10+/m0/s1. The number of nitrogens with zero attached hydrogens (tertiary/aromatic N) is 1. The van der Waals surface area contributed by atoms with Crippen molar-refractivity contribution in [3.63, 3.8) is 0 Å². The van der Waals surface area contributed by atoms with E-state index >= 15 is 0 Å². The monoisotopic (exact) mass is 272 g/mol. The lowest BCUT2D eigenvalue weighted by Gasteiger charge is -2.19. The molecule has 0 aliphatic carbocycles. The first-order valence-electron chi connectivity index (χ1n) is 5.96. The Labute approximate surface area is 107 Å². The van der Waals surface area contributed by atoms with Crippen LogP contribution in [0.4, 0.5) is 0 Å². The van der Waals surface area contributed by atoms with Gasteiger partial charge in [-0.3, -0.25) is 14.3 Å². The van der Waals surface area contributed by atoms with Crippen molar-refractivity contribution in [2.45, 2.75) is 44.0 Å². The van der Waals surface area contributed by atoms with Gasteiger partial charge in [0.25, 0.3) is 5.56 Å². The number of rotatable bonds is 3. The van der Waals surface area contributed by atoms with Gasteiger partial charge in [-0.2, -0.15) is 0 Å². The molecule has 0 spiro atoms. The Balaban J connectivity index is 2.31. The second-order valence-corrected chi connectivity index (χ2v) is 4.47. The first-order chi connectivity index (χ1) is 8.95. The van der Waals surface area contributed by atoms with Crippen molar-refractivity contribution < 1.29 is 20.1 Å². The molecule has 1 aromatic heterocycles. The fourth-order valence-corrected chi connectivity index (χ4v) is 2.09. The molecule has 106 valence electrons. The first-order valence-corrected chi connectivity index (χ1v) is 5.96. The van der Waals surface area contributed by atoms with Crippen molar-refractivity contribution in [2.24, 2.45) is 0 Å². The van der Waals surface area contributed by atoms with E-state index < -0.39 is 41.9 Å². The van der Waals surface area contributed by atoms with Gasteiger partial charge in [-0.25, -0.2) is 4.79 Å². The highest BCUT2D eigenvalue weighted by molar-refractivity contribution is 4.95. The molecule has 2 unspecified atom stereocenters. The van der Waals surface area contributed by atoms with Crippen LogP contribution in [0.5, 0.6) is 0 Å². The quantitative estimate of drug-likeness (QED) is 0.501. The molecule has 1 fully saturated rings. The van der Waals surface area contributed by atoms with Crippen LogP contribution in [0, 0.1) is 0 Å². The van der Waals surface area contributed by atoms with E-state index in [1.54, 1.807) is 6.92 Å². The van der Waals surface area contributed by atoms with Gasteiger partial charge in [0.1, 0.15) is 18.3 Å². The molecule has 5 atom stereocenters. The molecule has 2 heterocycles. The number of H-pyrrole nitrogens is 1. The molecule has 4 N–H and O–H groups in total. The van der Waals surface area contributed by atoms with E-state index in [0.717, 1.165) is 10.6 Å². The summed E-state index contributed by atoms with van der Waals surface area (Å²) in [5.41, 5.74) is -1.32. The molecule has 1 aliphatic heterocycles. The highest BCUT2D eigenvalue weighted by atomic mass is 16.6. The lowest BCUT2D eigenvalue weighted by molar-refractivity contribution is -0.0864. The molecule has 1 aliphatic rings. The summed E-state index contributed by atoms with van der Waals surface area (Å²) >= 11 is 0. The molecule has 19 heavy (non-hydrogen) atoms. The molecule has 8 heteroatoms. The largest absolute Gasteiger partial charge is 0.390 e. The number of ether oxygens (including phenoxy) is 1. The van der Waals surface area contributed by atoms with E-state index in [0.29, 0.717) is 6.42 Å². The van der Waals surface area contributed by atoms with Gasteiger partial charge in [0.2, 0.25) is 0 Å². The van der Waals surface area contributed by atoms with E-state index in [1.807, 2.05) is 4.98 Å². The zero-order valence-corrected chi connectivity index (χ0v) is 10.3.